The van der Waals surface area contributed by atoms with Crippen molar-refractivity contribution in [3.8, 4) is 11.8 Å². The zero-order valence-electron chi connectivity index (χ0n) is 19.8. The van der Waals surface area contributed by atoms with Crippen molar-refractivity contribution in [2.45, 2.75) is 19.1 Å². The maximum Gasteiger partial charge on any atom is 0.416 e. The van der Waals surface area contributed by atoms with Crippen molar-refractivity contribution in [2.75, 3.05) is 13.2 Å². The molecule has 1 fully saturated rings. The Morgan fingerprint density at radius 3 is 2.46 bits per heavy atom. The molecule has 1 aliphatic heterocycles. The van der Waals surface area contributed by atoms with E-state index in [0.29, 0.717) is 35.6 Å². The molecule has 0 bridgehead atoms. The number of amides is 1. The van der Waals surface area contributed by atoms with Gasteiger partial charge in [0.2, 0.25) is 0 Å². The first-order chi connectivity index (χ1) is 17.7. The fourth-order valence-corrected chi connectivity index (χ4v) is 4.06. The number of pyridine rings is 2. The fourth-order valence-electron chi connectivity index (χ4n) is 4.06. The predicted octanol–water partition coefficient (Wildman–Crippen LogP) is 5.56. The summed E-state index contributed by atoms with van der Waals surface area (Å²) in [5, 5.41) is 3.75. The minimum Gasteiger partial charge on any atom is -0.378 e. The average molecular weight is 502 g/mol. The van der Waals surface area contributed by atoms with Crippen LogP contribution in [0.2, 0.25) is 0 Å². The summed E-state index contributed by atoms with van der Waals surface area (Å²) in [6.45, 7) is 3.03. The number of carbonyl (C=O) groups excluding carboxylic acids is 1. The molecular weight excluding hydrogens is 479 g/mol. The topological polar surface area (TPSA) is 64.1 Å². The summed E-state index contributed by atoms with van der Waals surface area (Å²) in [4.78, 5) is 22.1. The van der Waals surface area contributed by atoms with Crippen LogP contribution in [0, 0.1) is 17.3 Å². The van der Waals surface area contributed by atoms with E-state index in [1.807, 2.05) is 13.0 Å². The van der Waals surface area contributed by atoms with Gasteiger partial charge in [0.25, 0.3) is 5.91 Å². The molecule has 0 spiro atoms. The van der Waals surface area contributed by atoms with E-state index in [-0.39, 0.29) is 5.41 Å². The summed E-state index contributed by atoms with van der Waals surface area (Å²) in [6, 6.07) is 16.1. The first-order valence-electron chi connectivity index (χ1n) is 11.6. The number of benzene rings is 2. The number of halogens is 3. The van der Waals surface area contributed by atoms with Crippen molar-refractivity contribution in [1.29, 1.82) is 0 Å². The van der Waals surface area contributed by atoms with Gasteiger partial charge in [-0.05, 0) is 61.0 Å². The standard InChI is InChI=1S/C29H22F3N3O2/c1-28(17-37-18-28)13-12-19-4-2-15-34-25(19)26(20-6-9-23(10-7-20)29(30,31)32)35-27(36)22-8-11-24-21(16-22)5-3-14-33-24/h2-11,14-16,26H,17-18H2,1H3,(H,35,36). The van der Waals surface area contributed by atoms with E-state index < -0.39 is 23.7 Å². The van der Waals surface area contributed by atoms with Gasteiger partial charge in [-0.3, -0.25) is 14.8 Å². The molecule has 186 valence electrons. The van der Waals surface area contributed by atoms with Crippen LogP contribution in [-0.2, 0) is 10.9 Å². The smallest absolute Gasteiger partial charge is 0.378 e. The van der Waals surface area contributed by atoms with Crippen molar-refractivity contribution in [1.82, 2.24) is 15.3 Å². The van der Waals surface area contributed by atoms with Crippen molar-refractivity contribution in [3.05, 3.63) is 107 Å². The van der Waals surface area contributed by atoms with Crippen LogP contribution in [0.25, 0.3) is 10.9 Å². The van der Waals surface area contributed by atoms with Gasteiger partial charge in [-0.1, -0.05) is 30.0 Å². The Kier molecular flexibility index (Phi) is 6.40. The van der Waals surface area contributed by atoms with Crippen LogP contribution in [-0.4, -0.2) is 29.1 Å². The summed E-state index contributed by atoms with van der Waals surface area (Å²) in [5.74, 6) is 5.95. The minimum atomic E-state index is -4.47. The van der Waals surface area contributed by atoms with Crippen LogP contribution >= 0.6 is 0 Å². The number of nitrogens with one attached hydrogen (secondary N) is 1. The van der Waals surface area contributed by atoms with E-state index in [1.165, 1.54) is 12.1 Å². The Bertz CT molecular complexity index is 1520. The SMILES string of the molecule is CC1(C#Cc2cccnc2C(NC(=O)c2ccc3ncccc3c2)c2ccc(C(F)(F)F)cc2)COC1. The number of hydrogen-bond acceptors (Lipinski definition) is 4. The lowest BCUT2D eigenvalue weighted by Crippen LogP contribution is -2.38. The van der Waals surface area contributed by atoms with Crippen LogP contribution in [0.5, 0.6) is 0 Å². The van der Waals surface area contributed by atoms with Gasteiger partial charge < -0.3 is 10.1 Å². The third kappa shape index (κ3) is 5.32. The molecule has 0 aliphatic carbocycles. The number of aromatic nitrogens is 2. The Morgan fingerprint density at radius 2 is 1.76 bits per heavy atom. The fraction of sp³-hybridized carbons (Fsp3) is 0.207. The molecule has 1 N–H and O–H groups in total. The summed E-state index contributed by atoms with van der Waals surface area (Å²) >= 11 is 0. The van der Waals surface area contributed by atoms with Crippen LogP contribution in [0.3, 0.4) is 0 Å². The van der Waals surface area contributed by atoms with Gasteiger partial charge in [0.15, 0.2) is 0 Å². The van der Waals surface area contributed by atoms with E-state index in [0.717, 1.165) is 23.0 Å². The van der Waals surface area contributed by atoms with Crippen LogP contribution in [0.1, 0.15) is 45.7 Å². The first kappa shape index (κ1) is 24.5. The van der Waals surface area contributed by atoms with Crippen molar-refractivity contribution in [2.24, 2.45) is 5.41 Å². The lowest BCUT2D eigenvalue weighted by Gasteiger charge is -2.32. The molecule has 2 aromatic carbocycles. The van der Waals surface area contributed by atoms with E-state index >= 15 is 0 Å². The van der Waals surface area contributed by atoms with Crippen molar-refractivity contribution >= 4 is 16.8 Å². The Morgan fingerprint density at radius 1 is 1.03 bits per heavy atom. The van der Waals surface area contributed by atoms with Crippen molar-refractivity contribution in [3.63, 3.8) is 0 Å². The molecule has 1 atom stereocenters. The summed E-state index contributed by atoms with van der Waals surface area (Å²) in [7, 11) is 0. The summed E-state index contributed by atoms with van der Waals surface area (Å²) in [5.41, 5.74) is 1.54. The number of alkyl halides is 3. The molecule has 1 aliphatic rings. The molecule has 4 aromatic rings. The van der Waals surface area contributed by atoms with Crippen molar-refractivity contribution < 1.29 is 22.7 Å². The molecule has 5 rings (SSSR count). The highest BCUT2D eigenvalue weighted by Crippen LogP contribution is 2.32. The van der Waals surface area contributed by atoms with Gasteiger partial charge in [0, 0.05) is 28.9 Å². The summed E-state index contributed by atoms with van der Waals surface area (Å²) in [6.07, 6.45) is -1.24. The van der Waals surface area contributed by atoms with Gasteiger partial charge in [0.05, 0.1) is 41.4 Å². The number of ether oxygens (including phenoxy) is 1. The van der Waals surface area contributed by atoms with Gasteiger partial charge in [-0.25, -0.2) is 0 Å². The number of fused-ring (bicyclic) bond motifs is 1. The molecule has 8 heteroatoms. The highest BCUT2D eigenvalue weighted by atomic mass is 19.4. The molecule has 0 saturated carbocycles. The summed E-state index contributed by atoms with van der Waals surface area (Å²) < 4.78 is 44.9. The number of rotatable bonds is 4. The van der Waals surface area contributed by atoms with E-state index in [1.54, 1.807) is 48.8 Å². The third-order valence-electron chi connectivity index (χ3n) is 6.16. The lowest BCUT2D eigenvalue weighted by atomic mass is 9.89. The second-order valence-electron chi connectivity index (χ2n) is 9.18. The number of hydrogen-bond donors (Lipinski definition) is 1. The molecule has 37 heavy (non-hydrogen) atoms. The zero-order valence-corrected chi connectivity index (χ0v) is 19.8. The average Bonchev–Trinajstić information content (AvgIpc) is 2.89. The molecule has 1 amide bonds. The number of nitrogens with zero attached hydrogens (tertiary/aromatic N) is 2. The molecule has 0 radical (unpaired) electrons. The highest BCUT2D eigenvalue weighted by Gasteiger charge is 2.32. The molecular formula is C29H22F3N3O2. The Balaban J connectivity index is 1.54. The molecule has 1 saturated heterocycles. The third-order valence-corrected chi connectivity index (χ3v) is 6.16. The largest absolute Gasteiger partial charge is 0.416 e. The van der Waals surface area contributed by atoms with E-state index in [9.17, 15) is 18.0 Å². The molecule has 1 unspecified atom stereocenters. The number of carbonyl (C=O) groups is 1. The monoisotopic (exact) mass is 501 g/mol. The highest BCUT2D eigenvalue weighted by molar-refractivity contribution is 5.98. The second kappa shape index (κ2) is 9.68. The van der Waals surface area contributed by atoms with Gasteiger partial charge >= 0.3 is 6.18 Å². The minimum absolute atomic E-state index is 0.278. The lowest BCUT2D eigenvalue weighted by molar-refractivity contribution is -0.137. The predicted molar refractivity (Wildman–Crippen MR) is 133 cm³/mol. The Labute approximate surface area is 211 Å². The van der Waals surface area contributed by atoms with Crippen LogP contribution in [0.15, 0.2) is 79.1 Å². The maximum absolute atomic E-state index is 13.4. The Hall–Kier alpha value is -4.22. The second-order valence-corrected chi connectivity index (χ2v) is 9.18. The van der Waals surface area contributed by atoms with Gasteiger partial charge in [-0.15, -0.1) is 0 Å². The van der Waals surface area contributed by atoms with Crippen LogP contribution < -0.4 is 5.32 Å². The maximum atomic E-state index is 13.4. The van der Waals surface area contributed by atoms with E-state index in [4.69, 9.17) is 4.74 Å². The first-order valence-corrected chi connectivity index (χ1v) is 11.6. The normalized spacial score (nSPS) is 15.2. The van der Waals surface area contributed by atoms with E-state index in [2.05, 4.69) is 27.1 Å². The van der Waals surface area contributed by atoms with Crippen LogP contribution in [0.4, 0.5) is 13.2 Å². The molecule has 3 heterocycles. The molecule has 5 nitrogen and oxygen atoms in total. The zero-order chi connectivity index (χ0) is 26.0. The quantitative estimate of drug-likeness (QED) is 0.372. The molecule has 2 aromatic heterocycles. The van der Waals surface area contributed by atoms with Gasteiger partial charge in [0.1, 0.15) is 0 Å². The van der Waals surface area contributed by atoms with Gasteiger partial charge in [-0.2, -0.15) is 13.2 Å².